The lowest BCUT2D eigenvalue weighted by Crippen LogP contribution is -2.21. The quantitative estimate of drug-likeness (QED) is 0.499. The Morgan fingerprint density at radius 1 is 1.17 bits per heavy atom. The van der Waals surface area contributed by atoms with E-state index < -0.39 is 23.1 Å². The molecule has 24 heavy (non-hydrogen) atoms. The third-order valence-electron chi connectivity index (χ3n) is 3.94. The van der Waals surface area contributed by atoms with Gasteiger partial charge in [-0.1, -0.05) is 0 Å². The summed E-state index contributed by atoms with van der Waals surface area (Å²) in [5, 5.41) is 0.173. The molecule has 1 aromatic heterocycles. The number of carbonyl (C=O) groups excluding carboxylic acids is 2. The highest BCUT2D eigenvalue weighted by Crippen LogP contribution is 2.27. The summed E-state index contributed by atoms with van der Waals surface area (Å²) in [6.07, 6.45) is 0. The van der Waals surface area contributed by atoms with Gasteiger partial charge in [0.15, 0.2) is 5.82 Å². The molecule has 0 aliphatic carbocycles. The van der Waals surface area contributed by atoms with E-state index in [1.807, 2.05) is 0 Å². The molecule has 0 spiro atoms. The number of halogens is 1. The number of benzene rings is 2. The standard InChI is InChI=1S/C17H9FN2O4/c1-24-17(23)8-2-4-12-10(6-8)16(22)20-13-5-3-9(18)7-11(13)14(21)15(20)19-12/h2-7H,1H3. The van der Waals surface area contributed by atoms with Crippen LogP contribution in [0.3, 0.4) is 0 Å². The Labute approximate surface area is 134 Å². The number of methoxy groups -OCH3 is 1. The second-order valence-electron chi connectivity index (χ2n) is 5.29. The highest BCUT2D eigenvalue weighted by Gasteiger charge is 2.30. The summed E-state index contributed by atoms with van der Waals surface area (Å²) in [5.41, 5.74) is 0.343. The number of rotatable bonds is 1. The topological polar surface area (TPSA) is 78.3 Å². The molecule has 0 radical (unpaired) electrons. The Kier molecular flexibility index (Phi) is 2.86. The maximum absolute atomic E-state index is 13.4. The number of ketones is 1. The Bertz CT molecular complexity index is 1120. The number of esters is 1. The molecule has 0 atom stereocenters. The predicted octanol–water partition coefficient (Wildman–Crippen LogP) is 1.86. The fraction of sp³-hybridized carbons (Fsp3) is 0.0588. The van der Waals surface area contributed by atoms with Gasteiger partial charge in [-0.2, -0.15) is 0 Å². The number of hydrogen-bond acceptors (Lipinski definition) is 5. The molecule has 118 valence electrons. The van der Waals surface area contributed by atoms with Gasteiger partial charge in [0.25, 0.3) is 5.56 Å². The molecule has 0 unspecified atom stereocenters. The number of carbonyl (C=O) groups is 2. The van der Waals surface area contributed by atoms with Crippen molar-refractivity contribution in [3.05, 3.63) is 69.5 Å². The van der Waals surface area contributed by atoms with E-state index in [1.54, 1.807) is 0 Å². The van der Waals surface area contributed by atoms with Crippen LogP contribution in [0.5, 0.6) is 0 Å². The molecule has 0 saturated carbocycles. The maximum Gasteiger partial charge on any atom is 0.337 e. The van der Waals surface area contributed by atoms with Crippen LogP contribution >= 0.6 is 0 Å². The third-order valence-corrected chi connectivity index (χ3v) is 3.94. The molecule has 1 aliphatic heterocycles. The molecule has 6 nitrogen and oxygen atoms in total. The van der Waals surface area contributed by atoms with Gasteiger partial charge in [0.2, 0.25) is 5.78 Å². The van der Waals surface area contributed by atoms with E-state index in [0.717, 1.165) is 10.6 Å². The van der Waals surface area contributed by atoms with Crippen LogP contribution in [-0.4, -0.2) is 28.4 Å². The summed E-state index contributed by atoms with van der Waals surface area (Å²) in [5.74, 6) is -1.74. The monoisotopic (exact) mass is 324 g/mol. The summed E-state index contributed by atoms with van der Waals surface area (Å²) >= 11 is 0. The molecule has 2 heterocycles. The fourth-order valence-corrected chi connectivity index (χ4v) is 2.81. The minimum Gasteiger partial charge on any atom is -0.465 e. The van der Waals surface area contributed by atoms with E-state index in [-0.39, 0.29) is 33.5 Å². The first-order valence-corrected chi connectivity index (χ1v) is 7.01. The third kappa shape index (κ3) is 1.81. The van der Waals surface area contributed by atoms with Crippen molar-refractivity contribution in [1.29, 1.82) is 0 Å². The molecule has 0 amide bonds. The smallest absolute Gasteiger partial charge is 0.337 e. The van der Waals surface area contributed by atoms with Crippen molar-refractivity contribution in [2.45, 2.75) is 0 Å². The molecule has 7 heteroatoms. The molecule has 0 fully saturated rings. The van der Waals surface area contributed by atoms with Crippen LogP contribution in [0.2, 0.25) is 0 Å². The predicted molar refractivity (Wildman–Crippen MR) is 82.1 cm³/mol. The number of aromatic nitrogens is 2. The molecule has 3 aromatic rings. The van der Waals surface area contributed by atoms with Gasteiger partial charge in [0.1, 0.15) is 5.82 Å². The Morgan fingerprint density at radius 2 is 1.96 bits per heavy atom. The highest BCUT2D eigenvalue weighted by molar-refractivity contribution is 6.13. The highest BCUT2D eigenvalue weighted by atomic mass is 19.1. The molecule has 4 rings (SSSR count). The number of hydrogen-bond donors (Lipinski definition) is 0. The fourth-order valence-electron chi connectivity index (χ4n) is 2.81. The number of fused-ring (bicyclic) bond motifs is 4. The zero-order valence-corrected chi connectivity index (χ0v) is 12.4. The first-order valence-electron chi connectivity index (χ1n) is 7.01. The summed E-state index contributed by atoms with van der Waals surface area (Å²) in [7, 11) is 1.24. The normalized spacial score (nSPS) is 12.2. The van der Waals surface area contributed by atoms with Gasteiger partial charge in [-0.05, 0) is 36.4 Å². The van der Waals surface area contributed by atoms with Gasteiger partial charge >= 0.3 is 5.97 Å². The van der Waals surface area contributed by atoms with Crippen molar-refractivity contribution in [2.75, 3.05) is 7.11 Å². The second kappa shape index (κ2) is 4.82. The molecule has 1 aliphatic rings. The van der Waals surface area contributed by atoms with Crippen molar-refractivity contribution in [1.82, 2.24) is 9.55 Å². The average Bonchev–Trinajstić information content (AvgIpc) is 2.86. The minimum atomic E-state index is -0.583. The van der Waals surface area contributed by atoms with Gasteiger partial charge in [-0.15, -0.1) is 0 Å². The lowest BCUT2D eigenvalue weighted by Gasteiger charge is -2.06. The summed E-state index contributed by atoms with van der Waals surface area (Å²) in [6.45, 7) is 0. The number of nitrogens with zero attached hydrogens (tertiary/aromatic N) is 2. The zero-order chi connectivity index (χ0) is 17.0. The minimum absolute atomic E-state index is 0.0704. The van der Waals surface area contributed by atoms with E-state index in [2.05, 4.69) is 9.72 Å². The zero-order valence-electron chi connectivity index (χ0n) is 12.4. The van der Waals surface area contributed by atoms with Crippen LogP contribution in [0.4, 0.5) is 4.39 Å². The number of ether oxygens (including phenoxy) is 1. The van der Waals surface area contributed by atoms with E-state index in [1.165, 1.54) is 37.4 Å². The van der Waals surface area contributed by atoms with Gasteiger partial charge in [0.05, 0.1) is 34.8 Å². The van der Waals surface area contributed by atoms with Gasteiger partial charge in [-0.3, -0.25) is 14.2 Å². The van der Waals surface area contributed by atoms with E-state index in [9.17, 15) is 18.8 Å². The van der Waals surface area contributed by atoms with Crippen molar-refractivity contribution >= 4 is 22.7 Å². The van der Waals surface area contributed by atoms with Gasteiger partial charge < -0.3 is 4.74 Å². The van der Waals surface area contributed by atoms with Crippen molar-refractivity contribution in [3.8, 4) is 5.69 Å². The molecule has 0 bridgehead atoms. The van der Waals surface area contributed by atoms with E-state index >= 15 is 0 Å². The van der Waals surface area contributed by atoms with E-state index in [4.69, 9.17) is 0 Å². The van der Waals surface area contributed by atoms with Gasteiger partial charge in [-0.25, -0.2) is 14.2 Å². The largest absolute Gasteiger partial charge is 0.465 e. The Hall–Kier alpha value is -3.35. The Balaban J connectivity index is 2.06. The Morgan fingerprint density at radius 3 is 2.71 bits per heavy atom. The molecular formula is C17H9FN2O4. The molecular weight excluding hydrogens is 315 g/mol. The lowest BCUT2D eigenvalue weighted by atomic mass is 10.1. The van der Waals surface area contributed by atoms with Crippen LogP contribution in [0.15, 0.2) is 41.2 Å². The molecule has 2 aromatic carbocycles. The lowest BCUT2D eigenvalue weighted by molar-refractivity contribution is 0.0600. The first kappa shape index (κ1) is 14.3. The summed E-state index contributed by atoms with van der Waals surface area (Å²) < 4.78 is 19.2. The average molecular weight is 324 g/mol. The maximum atomic E-state index is 13.4. The summed E-state index contributed by atoms with van der Waals surface area (Å²) in [6, 6.07) is 7.91. The van der Waals surface area contributed by atoms with Crippen molar-refractivity contribution in [3.63, 3.8) is 0 Å². The SMILES string of the molecule is COC(=O)c1ccc2nc3n(c(=O)c2c1)-c1ccc(F)cc1C3=O. The van der Waals surface area contributed by atoms with Crippen molar-refractivity contribution in [2.24, 2.45) is 0 Å². The van der Waals surface area contributed by atoms with Crippen LogP contribution in [0, 0.1) is 5.82 Å². The first-order chi connectivity index (χ1) is 11.5. The second-order valence-corrected chi connectivity index (χ2v) is 5.29. The molecule has 0 N–H and O–H groups in total. The van der Waals surface area contributed by atoms with Crippen LogP contribution in [0.25, 0.3) is 16.6 Å². The summed E-state index contributed by atoms with van der Waals surface area (Å²) in [4.78, 5) is 41.0. The van der Waals surface area contributed by atoms with E-state index in [0.29, 0.717) is 0 Å². The van der Waals surface area contributed by atoms with Gasteiger partial charge in [0, 0.05) is 0 Å². The van der Waals surface area contributed by atoms with Crippen LogP contribution < -0.4 is 5.56 Å². The molecule has 0 saturated heterocycles. The van der Waals surface area contributed by atoms with Crippen LogP contribution in [0.1, 0.15) is 26.5 Å². The van der Waals surface area contributed by atoms with Crippen molar-refractivity contribution < 1.29 is 18.7 Å². The van der Waals surface area contributed by atoms with Crippen LogP contribution in [-0.2, 0) is 4.74 Å².